The summed E-state index contributed by atoms with van der Waals surface area (Å²) in [5.74, 6) is 0.461. The van der Waals surface area contributed by atoms with Gasteiger partial charge in [0.1, 0.15) is 0 Å². The highest BCUT2D eigenvalue weighted by atomic mass is 16.2. The van der Waals surface area contributed by atoms with Crippen molar-refractivity contribution in [3.05, 3.63) is 12.7 Å². The lowest BCUT2D eigenvalue weighted by molar-refractivity contribution is -0.135. The second-order valence-electron chi connectivity index (χ2n) is 3.71. The molecule has 0 saturated carbocycles. The van der Waals surface area contributed by atoms with Crippen LogP contribution in [0.2, 0.25) is 0 Å². The number of amides is 1. The molecule has 3 heteroatoms. The topological polar surface area (TPSA) is 32.3 Å². The number of hydrogen-bond donors (Lipinski definition) is 1. The third-order valence-electron chi connectivity index (χ3n) is 2.69. The fourth-order valence-electron chi connectivity index (χ4n) is 1.85. The average Bonchev–Trinajstić information content (AvgIpc) is 2.26. The van der Waals surface area contributed by atoms with Crippen LogP contribution in [0.1, 0.15) is 19.8 Å². The standard InChI is InChI=1S/C11H20N2O/c1-3-8-13(4-2)11(14)10-6-5-7-12-9-10/h3,10,12H,1,4-9H2,2H3/t10-/m0/s1. The van der Waals surface area contributed by atoms with E-state index in [0.29, 0.717) is 6.54 Å². The molecule has 0 radical (unpaired) electrons. The minimum absolute atomic E-state index is 0.184. The van der Waals surface area contributed by atoms with E-state index < -0.39 is 0 Å². The van der Waals surface area contributed by atoms with E-state index >= 15 is 0 Å². The van der Waals surface area contributed by atoms with E-state index in [-0.39, 0.29) is 11.8 Å². The Morgan fingerprint density at radius 1 is 1.71 bits per heavy atom. The molecule has 1 fully saturated rings. The van der Waals surface area contributed by atoms with Gasteiger partial charge in [0.2, 0.25) is 5.91 Å². The quantitative estimate of drug-likeness (QED) is 0.681. The maximum absolute atomic E-state index is 12.0. The highest BCUT2D eigenvalue weighted by Gasteiger charge is 2.24. The monoisotopic (exact) mass is 196 g/mol. The number of piperidine rings is 1. The SMILES string of the molecule is C=CCN(CC)C(=O)[C@H]1CCCNC1. The molecule has 0 aromatic carbocycles. The molecule has 1 saturated heterocycles. The number of carbonyl (C=O) groups is 1. The van der Waals surface area contributed by atoms with E-state index in [9.17, 15) is 4.79 Å². The van der Waals surface area contributed by atoms with Crippen LogP contribution in [0.5, 0.6) is 0 Å². The van der Waals surface area contributed by atoms with E-state index in [1.54, 1.807) is 6.08 Å². The van der Waals surface area contributed by atoms with Gasteiger partial charge in [-0.25, -0.2) is 0 Å². The summed E-state index contributed by atoms with van der Waals surface area (Å²) in [6.07, 6.45) is 3.93. The summed E-state index contributed by atoms with van der Waals surface area (Å²) in [6.45, 7) is 9.02. The molecule has 1 amide bonds. The predicted molar refractivity (Wildman–Crippen MR) is 58.0 cm³/mol. The van der Waals surface area contributed by atoms with Crippen LogP contribution in [0, 0.1) is 5.92 Å². The normalized spacial score (nSPS) is 21.6. The van der Waals surface area contributed by atoms with Gasteiger partial charge in [0.25, 0.3) is 0 Å². The fourth-order valence-corrected chi connectivity index (χ4v) is 1.85. The lowest BCUT2D eigenvalue weighted by Gasteiger charge is -2.28. The number of rotatable bonds is 4. The van der Waals surface area contributed by atoms with Crippen LogP contribution in [-0.2, 0) is 4.79 Å². The van der Waals surface area contributed by atoms with Crippen molar-refractivity contribution in [2.45, 2.75) is 19.8 Å². The van der Waals surface area contributed by atoms with Gasteiger partial charge >= 0.3 is 0 Å². The van der Waals surface area contributed by atoms with Crippen molar-refractivity contribution in [3.8, 4) is 0 Å². The second kappa shape index (κ2) is 5.81. The predicted octanol–water partition coefficient (Wildman–Crippen LogP) is 1.02. The molecule has 0 bridgehead atoms. The molecule has 3 nitrogen and oxygen atoms in total. The molecule has 0 unspecified atom stereocenters. The number of hydrogen-bond acceptors (Lipinski definition) is 2. The third kappa shape index (κ3) is 2.84. The van der Waals surface area contributed by atoms with Crippen LogP contribution in [0.4, 0.5) is 0 Å². The Kier molecular flexibility index (Phi) is 4.66. The summed E-state index contributed by atoms with van der Waals surface area (Å²) in [5, 5.41) is 3.26. The molecule has 1 atom stereocenters. The summed E-state index contributed by atoms with van der Waals surface area (Å²) in [4.78, 5) is 13.8. The molecule has 80 valence electrons. The Balaban J connectivity index is 2.47. The van der Waals surface area contributed by atoms with Crippen molar-refractivity contribution in [2.75, 3.05) is 26.2 Å². The van der Waals surface area contributed by atoms with Gasteiger partial charge < -0.3 is 10.2 Å². The Morgan fingerprint density at radius 3 is 3.00 bits per heavy atom. The molecular formula is C11H20N2O. The van der Waals surface area contributed by atoms with E-state index in [4.69, 9.17) is 0 Å². The summed E-state index contributed by atoms with van der Waals surface area (Å²) in [7, 11) is 0. The first-order valence-electron chi connectivity index (χ1n) is 5.40. The van der Waals surface area contributed by atoms with Gasteiger partial charge in [-0.05, 0) is 26.3 Å². The van der Waals surface area contributed by atoms with Crippen molar-refractivity contribution in [1.29, 1.82) is 0 Å². The number of nitrogens with one attached hydrogen (secondary N) is 1. The Bertz CT molecular complexity index is 197. The Labute approximate surface area is 86.2 Å². The first kappa shape index (κ1) is 11.2. The van der Waals surface area contributed by atoms with Crippen molar-refractivity contribution in [1.82, 2.24) is 10.2 Å². The van der Waals surface area contributed by atoms with Crippen molar-refractivity contribution < 1.29 is 4.79 Å². The van der Waals surface area contributed by atoms with Crippen LogP contribution in [0.25, 0.3) is 0 Å². The first-order valence-corrected chi connectivity index (χ1v) is 5.40. The summed E-state index contributed by atoms with van der Waals surface area (Å²) < 4.78 is 0. The third-order valence-corrected chi connectivity index (χ3v) is 2.69. The summed E-state index contributed by atoms with van der Waals surface area (Å²) in [5.41, 5.74) is 0. The zero-order valence-corrected chi connectivity index (χ0v) is 8.96. The maximum Gasteiger partial charge on any atom is 0.227 e. The number of nitrogens with zero attached hydrogens (tertiary/aromatic N) is 1. The highest BCUT2D eigenvalue weighted by Crippen LogP contribution is 2.13. The van der Waals surface area contributed by atoms with Crippen LogP contribution >= 0.6 is 0 Å². The van der Waals surface area contributed by atoms with Crippen LogP contribution in [0.15, 0.2) is 12.7 Å². The molecule has 1 rings (SSSR count). The van der Waals surface area contributed by atoms with Gasteiger partial charge in [-0.3, -0.25) is 4.79 Å². The van der Waals surface area contributed by atoms with E-state index in [1.807, 2.05) is 11.8 Å². The molecule has 0 spiro atoms. The molecule has 1 heterocycles. The molecule has 1 aliphatic rings. The number of carbonyl (C=O) groups excluding carboxylic acids is 1. The van der Waals surface area contributed by atoms with Crippen LogP contribution in [0.3, 0.4) is 0 Å². The zero-order chi connectivity index (χ0) is 10.4. The van der Waals surface area contributed by atoms with Crippen molar-refractivity contribution in [3.63, 3.8) is 0 Å². The smallest absolute Gasteiger partial charge is 0.227 e. The van der Waals surface area contributed by atoms with Crippen molar-refractivity contribution in [2.24, 2.45) is 5.92 Å². The molecule has 0 aromatic rings. The van der Waals surface area contributed by atoms with E-state index in [1.165, 1.54) is 0 Å². The minimum Gasteiger partial charge on any atom is -0.339 e. The van der Waals surface area contributed by atoms with Gasteiger partial charge in [-0.15, -0.1) is 6.58 Å². The maximum atomic E-state index is 12.0. The van der Waals surface area contributed by atoms with Crippen LogP contribution in [-0.4, -0.2) is 37.0 Å². The minimum atomic E-state index is 0.184. The first-order chi connectivity index (χ1) is 6.79. The lowest BCUT2D eigenvalue weighted by atomic mass is 9.98. The second-order valence-corrected chi connectivity index (χ2v) is 3.71. The molecular weight excluding hydrogens is 176 g/mol. The van der Waals surface area contributed by atoms with E-state index in [2.05, 4.69) is 11.9 Å². The Hall–Kier alpha value is -0.830. The fraction of sp³-hybridized carbons (Fsp3) is 0.727. The molecule has 1 aliphatic heterocycles. The van der Waals surface area contributed by atoms with Gasteiger partial charge in [-0.2, -0.15) is 0 Å². The van der Waals surface area contributed by atoms with Gasteiger partial charge in [0.05, 0.1) is 5.92 Å². The van der Waals surface area contributed by atoms with Gasteiger partial charge in [0.15, 0.2) is 0 Å². The highest BCUT2D eigenvalue weighted by molar-refractivity contribution is 5.79. The summed E-state index contributed by atoms with van der Waals surface area (Å²) in [6, 6.07) is 0. The molecule has 1 N–H and O–H groups in total. The zero-order valence-electron chi connectivity index (χ0n) is 8.96. The molecule has 14 heavy (non-hydrogen) atoms. The average molecular weight is 196 g/mol. The van der Waals surface area contributed by atoms with Crippen molar-refractivity contribution >= 4 is 5.91 Å². The lowest BCUT2D eigenvalue weighted by Crippen LogP contribution is -2.43. The van der Waals surface area contributed by atoms with Gasteiger partial charge in [0, 0.05) is 19.6 Å². The Morgan fingerprint density at radius 2 is 2.50 bits per heavy atom. The number of likely N-dealkylation sites (N-methyl/N-ethyl adjacent to an activating group) is 1. The van der Waals surface area contributed by atoms with Crippen LogP contribution < -0.4 is 5.32 Å². The largest absolute Gasteiger partial charge is 0.339 e. The van der Waals surface area contributed by atoms with E-state index in [0.717, 1.165) is 32.5 Å². The summed E-state index contributed by atoms with van der Waals surface area (Å²) >= 11 is 0. The molecule has 0 aliphatic carbocycles. The molecule has 0 aromatic heterocycles. The van der Waals surface area contributed by atoms with Gasteiger partial charge in [-0.1, -0.05) is 6.08 Å².